The van der Waals surface area contributed by atoms with Crippen molar-refractivity contribution in [2.75, 3.05) is 23.3 Å². The van der Waals surface area contributed by atoms with Crippen LogP contribution in [-0.4, -0.2) is 50.3 Å². The van der Waals surface area contributed by atoms with E-state index in [-0.39, 0.29) is 18.0 Å². The second-order valence-corrected chi connectivity index (χ2v) is 8.92. The van der Waals surface area contributed by atoms with Gasteiger partial charge in [0.05, 0.1) is 5.02 Å². The Hall–Kier alpha value is -3.01. The van der Waals surface area contributed by atoms with Gasteiger partial charge in [-0.05, 0) is 43.7 Å². The minimum absolute atomic E-state index is 0.0212. The lowest BCUT2D eigenvalue weighted by Crippen LogP contribution is -2.48. The zero-order chi connectivity index (χ0) is 22.9. The molecule has 5 rings (SSSR count). The Morgan fingerprint density at radius 3 is 2.64 bits per heavy atom. The molecular formula is C22H24ClF2N7O. The predicted octanol–water partition coefficient (Wildman–Crippen LogP) is 4.41. The fraction of sp³-hybridized carbons (Fsp3) is 0.455. The van der Waals surface area contributed by atoms with Crippen LogP contribution in [0.3, 0.4) is 0 Å². The summed E-state index contributed by atoms with van der Waals surface area (Å²) in [7, 11) is 0. The second-order valence-electron chi connectivity index (χ2n) is 8.51. The summed E-state index contributed by atoms with van der Waals surface area (Å²) in [6.07, 6.45) is 1.15. The number of anilines is 2. The summed E-state index contributed by atoms with van der Waals surface area (Å²) in [5.41, 5.74) is 0.937. The molecule has 11 heteroatoms. The molecule has 2 bridgehead atoms. The van der Waals surface area contributed by atoms with Gasteiger partial charge in [0.1, 0.15) is 24.4 Å². The van der Waals surface area contributed by atoms with Gasteiger partial charge in [-0.1, -0.05) is 23.7 Å². The number of nitrogens with one attached hydrogen (secondary N) is 1. The van der Waals surface area contributed by atoms with E-state index in [9.17, 15) is 8.78 Å². The third-order valence-corrected chi connectivity index (χ3v) is 6.54. The minimum atomic E-state index is -2.59. The van der Waals surface area contributed by atoms with Crippen molar-refractivity contribution in [2.24, 2.45) is 11.8 Å². The monoisotopic (exact) mass is 475 g/mol. The lowest BCUT2D eigenvalue weighted by Gasteiger charge is -2.38. The van der Waals surface area contributed by atoms with E-state index in [4.69, 9.17) is 16.3 Å². The topological polar surface area (TPSA) is 81.0 Å². The molecule has 1 aliphatic heterocycles. The number of benzene rings is 1. The Balaban J connectivity index is 1.33. The number of ether oxygens (including phenoxy) is 1. The molecule has 0 spiro atoms. The van der Waals surface area contributed by atoms with E-state index in [1.165, 1.54) is 0 Å². The van der Waals surface area contributed by atoms with Gasteiger partial charge in [0, 0.05) is 30.9 Å². The van der Waals surface area contributed by atoms with E-state index in [2.05, 4.69) is 30.3 Å². The van der Waals surface area contributed by atoms with Crippen molar-refractivity contribution in [1.82, 2.24) is 24.7 Å². The molecule has 3 heterocycles. The van der Waals surface area contributed by atoms with Crippen LogP contribution in [0.1, 0.15) is 18.5 Å². The van der Waals surface area contributed by atoms with Crippen LogP contribution in [0.15, 0.2) is 36.7 Å². The standard InChI is InChI=1S/C22H24ClF2N7O/c1-13-8-19(27-12-26-13)31-9-14-6-7-15(10-31)20(14)28-21-29-22(32(30-21)11-18(24)25)33-17-5-3-2-4-16(17)23/h2-5,8,12,14-15,18,20H,6-7,9-11H2,1H3,(H,28,30)/t14-,15+,20?. The highest BCUT2D eigenvalue weighted by atomic mass is 35.5. The number of hydrogen-bond acceptors (Lipinski definition) is 7. The van der Waals surface area contributed by atoms with E-state index in [0.717, 1.165) is 42.1 Å². The van der Waals surface area contributed by atoms with Crippen LogP contribution < -0.4 is 15.0 Å². The maximum absolute atomic E-state index is 13.1. The number of piperidine rings is 1. The van der Waals surface area contributed by atoms with Crippen LogP contribution in [0.4, 0.5) is 20.5 Å². The largest absolute Gasteiger partial charge is 0.423 e. The molecular weight excluding hydrogens is 452 g/mol. The molecule has 0 amide bonds. The normalized spacial score (nSPS) is 22.1. The van der Waals surface area contributed by atoms with Crippen LogP contribution in [0.2, 0.25) is 5.02 Å². The van der Waals surface area contributed by atoms with Crippen LogP contribution in [0, 0.1) is 18.8 Å². The quantitative estimate of drug-likeness (QED) is 0.542. The fourth-order valence-corrected chi connectivity index (χ4v) is 4.92. The highest BCUT2D eigenvalue weighted by molar-refractivity contribution is 6.32. The highest BCUT2D eigenvalue weighted by Gasteiger charge is 2.43. The maximum Gasteiger partial charge on any atom is 0.322 e. The second kappa shape index (κ2) is 9.09. The molecule has 8 nitrogen and oxygen atoms in total. The fourth-order valence-electron chi connectivity index (χ4n) is 4.75. The molecule has 2 aliphatic rings. The summed E-state index contributed by atoms with van der Waals surface area (Å²) in [5, 5.41) is 8.03. The van der Waals surface area contributed by atoms with Gasteiger partial charge in [-0.15, -0.1) is 5.10 Å². The Kier molecular flexibility index (Phi) is 6.01. The molecule has 0 radical (unpaired) electrons. The SMILES string of the molecule is Cc1cc(N2C[C@H]3CC[C@@H](C2)C3Nc2nc(Oc3ccccc3Cl)n(CC(F)F)n2)ncn1. The number of rotatable bonds is 7. The lowest BCUT2D eigenvalue weighted by molar-refractivity contribution is 0.118. The zero-order valence-electron chi connectivity index (χ0n) is 18.0. The van der Waals surface area contributed by atoms with Gasteiger partial charge in [-0.3, -0.25) is 0 Å². The summed E-state index contributed by atoms with van der Waals surface area (Å²) in [4.78, 5) is 15.3. The number of aryl methyl sites for hydroxylation is 1. The van der Waals surface area contributed by atoms with Crippen molar-refractivity contribution in [3.8, 4) is 11.8 Å². The Morgan fingerprint density at radius 2 is 1.94 bits per heavy atom. The summed E-state index contributed by atoms with van der Waals surface area (Å²) in [6.45, 7) is 3.04. The van der Waals surface area contributed by atoms with Crippen LogP contribution in [0.25, 0.3) is 0 Å². The molecule has 1 saturated carbocycles. The number of alkyl halides is 2. The summed E-state index contributed by atoms with van der Waals surface area (Å²) in [5.74, 6) is 2.30. The first-order chi connectivity index (χ1) is 16.0. The average molecular weight is 476 g/mol. The van der Waals surface area contributed by atoms with Crippen molar-refractivity contribution in [3.63, 3.8) is 0 Å². The number of hydrogen-bond donors (Lipinski definition) is 1. The van der Waals surface area contributed by atoms with Crippen LogP contribution in [-0.2, 0) is 6.54 Å². The zero-order valence-corrected chi connectivity index (χ0v) is 18.8. The molecule has 2 aromatic heterocycles. The summed E-state index contributed by atoms with van der Waals surface area (Å²) < 4.78 is 33.1. The molecule has 2 fully saturated rings. The van der Waals surface area contributed by atoms with Gasteiger partial charge in [0.25, 0.3) is 6.43 Å². The predicted molar refractivity (Wildman–Crippen MR) is 120 cm³/mol. The Bertz CT molecular complexity index is 1110. The van der Waals surface area contributed by atoms with Gasteiger partial charge >= 0.3 is 6.01 Å². The first-order valence-electron chi connectivity index (χ1n) is 10.9. The molecule has 33 heavy (non-hydrogen) atoms. The van der Waals surface area contributed by atoms with Crippen LogP contribution in [0.5, 0.6) is 11.8 Å². The Labute approximate surface area is 195 Å². The van der Waals surface area contributed by atoms with Crippen molar-refractivity contribution in [1.29, 1.82) is 0 Å². The third-order valence-electron chi connectivity index (χ3n) is 6.23. The average Bonchev–Trinajstić information content (AvgIpc) is 3.24. The lowest BCUT2D eigenvalue weighted by atomic mass is 9.92. The van der Waals surface area contributed by atoms with E-state index >= 15 is 0 Å². The maximum atomic E-state index is 13.1. The van der Waals surface area contributed by atoms with E-state index in [1.807, 2.05) is 13.0 Å². The smallest absolute Gasteiger partial charge is 0.322 e. The first kappa shape index (κ1) is 21.8. The number of halogens is 3. The van der Waals surface area contributed by atoms with Gasteiger partial charge < -0.3 is 15.0 Å². The molecule has 3 aromatic rings. The number of para-hydroxylation sites is 1. The number of fused-ring (bicyclic) bond motifs is 2. The molecule has 1 unspecified atom stereocenters. The Morgan fingerprint density at radius 1 is 1.18 bits per heavy atom. The molecule has 3 atom stereocenters. The van der Waals surface area contributed by atoms with E-state index in [1.54, 1.807) is 30.6 Å². The van der Waals surface area contributed by atoms with E-state index in [0.29, 0.717) is 22.6 Å². The number of aromatic nitrogens is 5. The highest BCUT2D eigenvalue weighted by Crippen LogP contribution is 2.40. The third kappa shape index (κ3) is 4.71. The van der Waals surface area contributed by atoms with Gasteiger partial charge in [0.15, 0.2) is 0 Å². The van der Waals surface area contributed by atoms with Crippen molar-refractivity contribution in [3.05, 3.63) is 47.4 Å². The van der Waals surface area contributed by atoms with Crippen molar-refractivity contribution >= 4 is 23.4 Å². The number of nitrogens with zero attached hydrogens (tertiary/aromatic N) is 6. The minimum Gasteiger partial charge on any atom is -0.423 e. The molecule has 1 aromatic carbocycles. The summed E-state index contributed by atoms with van der Waals surface area (Å²) >= 11 is 6.16. The van der Waals surface area contributed by atoms with Crippen LogP contribution >= 0.6 is 11.6 Å². The molecule has 1 aliphatic carbocycles. The van der Waals surface area contributed by atoms with Crippen molar-refractivity contribution in [2.45, 2.75) is 38.8 Å². The summed E-state index contributed by atoms with van der Waals surface area (Å²) in [6, 6.07) is 8.96. The first-order valence-corrected chi connectivity index (χ1v) is 11.3. The molecule has 1 saturated heterocycles. The molecule has 174 valence electrons. The van der Waals surface area contributed by atoms with Gasteiger partial charge in [-0.2, -0.15) is 4.98 Å². The van der Waals surface area contributed by atoms with Crippen molar-refractivity contribution < 1.29 is 13.5 Å². The van der Waals surface area contributed by atoms with E-state index < -0.39 is 13.0 Å². The van der Waals surface area contributed by atoms with Gasteiger partial charge in [-0.25, -0.2) is 23.4 Å². The molecule has 1 N–H and O–H groups in total. The van der Waals surface area contributed by atoms with Gasteiger partial charge in [0.2, 0.25) is 5.95 Å².